The fraction of sp³-hybridized carbons (Fsp3) is 0.211. The maximum absolute atomic E-state index is 11.3. The minimum Gasteiger partial charge on any atom is -0.493 e. The van der Waals surface area contributed by atoms with E-state index < -0.39 is 5.97 Å². The summed E-state index contributed by atoms with van der Waals surface area (Å²) in [5.74, 6) is 0.425. The molecule has 5 nitrogen and oxygen atoms in total. The number of carboxylic acid groups (broad SMARTS) is 1. The van der Waals surface area contributed by atoms with E-state index >= 15 is 0 Å². The lowest BCUT2D eigenvalue weighted by atomic mass is 10.0. The van der Waals surface area contributed by atoms with Crippen LogP contribution in [0.3, 0.4) is 0 Å². The quantitative estimate of drug-likeness (QED) is 0.722. The molecule has 0 atom stereocenters. The van der Waals surface area contributed by atoms with Crippen LogP contribution in [0.2, 0.25) is 0 Å². The van der Waals surface area contributed by atoms with E-state index in [0.29, 0.717) is 18.1 Å². The molecule has 2 N–H and O–H groups in total. The Kier molecular flexibility index (Phi) is 4.42. The Bertz CT molecular complexity index is 882. The molecule has 2 aromatic carbocycles. The molecule has 0 aliphatic heterocycles. The van der Waals surface area contributed by atoms with Gasteiger partial charge in [0.05, 0.1) is 25.8 Å². The summed E-state index contributed by atoms with van der Waals surface area (Å²) in [6, 6.07) is 13.3. The van der Waals surface area contributed by atoms with E-state index in [1.54, 1.807) is 7.11 Å². The molecule has 0 saturated carbocycles. The minimum absolute atomic E-state index is 0.0463. The number of aliphatic carboxylic acids is 1. The number of benzene rings is 2. The van der Waals surface area contributed by atoms with Gasteiger partial charge in [0, 0.05) is 16.5 Å². The molecule has 0 radical (unpaired) electrons. The van der Waals surface area contributed by atoms with Crippen molar-refractivity contribution in [2.45, 2.75) is 13.3 Å². The van der Waals surface area contributed by atoms with Gasteiger partial charge in [0.2, 0.25) is 0 Å². The highest BCUT2D eigenvalue weighted by molar-refractivity contribution is 5.94. The van der Waals surface area contributed by atoms with E-state index in [1.807, 2.05) is 49.4 Å². The Labute approximate surface area is 139 Å². The number of ether oxygens (including phenoxy) is 2. The molecular weight excluding hydrogens is 306 g/mol. The highest BCUT2D eigenvalue weighted by Crippen LogP contribution is 2.36. The van der Waals surface area contributed by atoms with Crippen molar-refractivity contribution in [1.29, 1.82) is 0 Å². The molecule has 3 aromatic rings. The third-order valence-corrected chi connectivity index (χ3v) is 3.89. The highest BCUT2D eigenvalue weighted by Gasteiger charge is 2.17. The average molecular weight is 325 g/mol. The third-order valence-electron chi connectivity index (χ3n) is 3.89. The summed E-state index contributed by atoms with van der Waals surface area (Å²) < 4.78 is 10.9. The molecule has 24 heavy (non-hydrogen) atoms. The van der Waals surface area contributed by atoms with Crippen LogP contribution in [0, 0.1) is 0 Å². The number of fused-ring (bicyclic) bond motifs is 1. The Balaban J connectivity index is 2.18. The van der Waals surface area contributed by atoms with Gasteiger partial charge in [-0.25, -0.2) is 0 Å². The normalized spacial score (nSPS) is 10.8. The van der Waals surface area contributed by atoms with Gasteiger partial charge in [-0.15, -0.1) is 0 Å². The summed E-state index contributed by atoms with van der Waals surface area (Å²) in [5.41, 5.74) is 3.34. The zero-order valence-corrected chi connectivity index (χ0v) is 13.6. The van der Waals surface area contributed by atoms with E-state index in [-0.39, 0.29) is 6.42 Å². The zero-order valence-electron chi connectivity index (χ0n) is 13.6. The Morgan fingerprint density at radius 3 is 2.67 bits per heavy atom. The molecule has 5 heteroatoms. The van der Waals surface area contributed by atoms with E-state index in [4.69, 9.17) is 9.47 Å². The lowest BCUT2D eigenvalue weighted by Crippen LogP contribution is -2.01. The van der Waals surface area contributed by atoms with Gasteiger partial charge >= 0.3 is 5.97 Å². The monoisotopic (exact) mass is 325 g/mol. The van der Waals surface area contributed by atoms with Gasteiger partial charge in [-0.3, -0.25) is 4.79 Å². The van der Waals surface area contributed by atoms with Crippen LogP contribution in [0.1, 0.15) is 12.5 Å². The second-order valence-corrected chi connectivity index (χ2v) is 5.39. The summed E-state index contributed by atoms with van der Waals surface area (Å²) in [4.78, 5) is 14.6. The number of rotatable bonds is 6. The molecule has 0 amide bonds. The largest absolute Gasteiger partial charge is 0.493 e. The maximum atomic E-state index is 11.3. The Hall–Kier alpha value is -2.95. The first-order valence-corrected chi connectivity index (χ1v) is 7.76. The van der Waals surface area contributed by atoms with Gasteiger partial charge < -0.3 is 19.6 Å². The van der Waals surface area contributed by atoms with Crippen LogP contribution in [-0.4, -0.2) is 29.8 Å². The molecule has 0 unspecified atom stereocenters. The maximum Gasteiger partial charge on any atom is 0.307 e. The summed E-state index contributed by atoms with van der Waals surface area (Å²) >= 11 is 0. The minimum atomic E-state index is -0.862. The lowest BCUT2D eigenvalue weighted by Gasteiger charge is -2.11. The molecule has 0 bridgehead atoms. The average Bonchev–Trinajstić information content (AvgIpc) is 2.93. The predicted molar refractivity (Wildman–Crippen MR) is 92.8 cm³/mol. The molecule has 0 aliphatic carbocycles. The molecule has 124 valence electrons. The van der Waals surface area contributed by atoms with Crippen molar-refractivity contribution in [3.63, 3.8) is 0 Å². The van der Waals surface area contributed by atoms with Crippen LogP contribution in [0.4, 0.5) is 0 Å². The van der Waals surface area contributed by atoms with Crippen molar-refractivity contribution < 1.29 is 19.4 Å². The number of aromatic amines is 1. The molecule has 0 spiro atoms. The van der Waals surface area contributed by atoms with Crippen molar-refractivity contribution in [1.82, 2.24) is 4.98 Å². The molecule has 1 aromatic heterocycles. The number of methoxy groups -OCH3 is 1. The molecule has 0 aliphatic rings. The van der Waals surface area contributed by atoms with Crippen molar-refractivity contribution in [3.05, 3.63) is 48.0 Å². The molecule has 0 saturated heterocycles. The smallest absolute Gasteiger partial charge is 0.307 e. The number of aromatic nitrogens is 1. The van der Waals surface area contributed by atoms with Crippen molar-refractivity contribution >= 4 is 16.9 Å². The summed E-state index contributed by atoms with van der Waals surface area (Å²) in [6.45, 7) is 2.43. The van der Waals surface area contributed by atoms with E-state index in [9.17, 15) is 9.90 Å². The van der Waals surface area contributed by atoms with Crippen LogP contribution in [0.15, 0.2) is 42.5 Å². The number of nitrogens with one attached hydrogen (secondary N) is 1. The molecule has 3 rings (SSSR count). The summed E-state index contributed by atoms with van der Waals surface area (Å²) in [6.07, 6.45) is -0.0463. The van der Waals surface area contributed by atoms with Crippen molar-refractivity contribution in [2.75, 3.05) is 13.7 Å². The predicted octanol–water partition coefficient (Wildman–Crippen LogP) is 3.87. The first-order chi connectivity index (χ1) is 11.6. The Morgan fingerprint density at radius 1 is 1.17 bits per heavy atom. The third kappa shape index (κ3) is 2.93. The lowest BCUT2D eigenvalue weighted by molar-refractivity contribution is -0.136. The van der Waals surface area contributed by atoms with Gasteiger partial charge in [-0.2, -0.15) is 0 Å². The number of H-pyrrole nitrogens is 1. The molecular formula is C19H19NO4. The summed E-state index contributed by atoms with van der Waals surface area (Å²) in [7, 11) is 1.59. The second-order valence-electron chi connectivity index (χ2n) is 5.39. The fourth-order valence-electron chi connectivity index (χ4n) is 2.88. The number of para-hydroxylation sites is 1. The standard InChI is InChI=1S/C19H19NO4/c1-3-24-17-10-12(8-9-16(17)23-2)19-14(11-18(21)22)13-6-4-5-7-15(13)20-19/h4-10,20H,3,11H2,1-2H3,(H,21,22). The van der Waals surface area contributed by atoms with Crippen molar-refractivity contribution in [3.8, 4) is 22.8 Å². The van der Waals surface area contributed by atoms with E-state index in [1.165, 1.54) is 0 Å². The second kappa shape index (κ2) is 6.66. The van der Waals surface area contributed by atoms with Crippen LogP contribution in [-0.2, 0) is 11.2 Å². The number of carboxylic acids is 1. The van der Waals surface area contributed by atoms with Crippen LogP contribution >= 0.6 is 0 Å². The Morgan fingerprint density at radius 2 is 1.96 bits per heavy atom. The number of hydrogen-bond donors (Lipinski definition) is 2. The highest BCUT2D eigenvalue weighted by atomic mass is 16.5. The van der Waals surface area contributed by atoms with Gasteiger partial charge in [0.15, 0.2) is 11.5 Å². The van der Waals surface area contributed by atoms with Crippen molar-refractivity contribution in [2.24, 2.45) is 0 Å². The van der Waals surface area contributed by atoms with Gasteiger partial charge in [0.1, 0.15) is 0 Å². The first-order valence-electron chi connectivity index (χ1n) is 7.76. The number of carbonyl (C=O) groups is 1. The van der Waals surface area contributed by atoms with Crippen LogP contribution in [0.5, 0.6) is 11.5 Å². The first kappa shape index (κ1) is 15.9. The fourth-order valence-corrected chi connectivity index (χ4v) is 2.88. The molecule has 1 heterocycles. The van der Waals surface area contributed by atoms with E-state index in [2.05, 4.69) is 4.98 Å². The van der Waals surface area contributed by atoms with Crippen LogP contribution in [0.25, 0.3) is 22.2 Å². The molecule has 0 fully saturated rings. The van der Waals surface area contributed by atoms with Gasteiger partial charge in [0.25, 0.3) is 0 Å². The van der Waals surface area contributed by atoms with Crippen LogP contribution < -0.4 is 9.47 Å². The van der Waals surface area contributed by atoms with E-state index in [0.717, 1.165) is 27.7 Å². The zero-order chi connectivity index (χ0) is 17.1. The SMILES string of the molecule is CCOc1cc(-c2[nH]c3ccccc3c2CC(=O)O)ccc1OC. The van der Waals surface area contributed by atoms with Gasteiger partial charge in [-0.1, -0.05) is 18.2 Å². The number of hydrogen-bond acceptors (Lipinski definition) is 3. The summed E-state index contributed by atoms with van der Waals surface area (Å²) in [5, 5.41) is 10.2. The van der Waals surface area contributed by atoms with Gasteiger partial charge in [-0.05, 0) is 36.8 Å². The topological polar surface area (TPSA) is 71.6 Å².